The highest BCUT2D eigenvalue weighted by molar-refractivity contribution is 8.00. The molecule has 5 heteroatoms. The van der Waals surface area contributed by atoms with Crippen molar-refractivity contribution < 1.29 is 9.59 Å². The number of carbonyl (C=O) groups excluding carboxylic acids is 2. The van der Waals surface area contributed by atoms with Crippen molar-refractivity contribution in [1.29, 1.82) is 0 Å². The normalized spacial score (nSPS) is 21.8. The molecular weight excluding hydrogens is 332 g/mol. The lowest BCUT2D eigenvalue weighted by molar-refractivity contribution is -0.137. The summed E-state index contributed by atoms with van der Waals surface area (Å²) in [5.74, 6) is 0.501. The first-order chi connectivity index (χ1) is 12.0. The van der Waals surface area contributed by atoms with E-state index in [4.69, 9.17) is 0 Å². The Bertz CT molecular complexity index is 638. The number of carbonyl (C=O) groups is 2. The van der Waals surface area contributed by atoms with Gasteiger partial charge in [-0.05, 0) is 31.4 Å². The SMILES string of the molecule is CC1CCN(C(=O)C2CCN(C(=O)C(C)C)CC2)c2ccccc2S1. The summed E-state index contributed by atoms with van der Waals surface area (Å²) >= 11 is 1.86. The number of hydrogen-bond donors (Lipinski definition) is 0. The third kappa shape index (κ3) is 4.02. The molecule has 0 aliphatic carbocycles. The number of benzene rings is 1. The Morgan fingerprint density at radius 3 is 2.44 bits per heavy atom. The molecule has 1 fully saturated rings. The molecular formula is C20H28N2O2S. The Kier molecular flexibility index (Phi) is 5.72. The van der Waals surface area contributed by atoms with Crippen LogP contribution in [-0.2, 0) is 9.59 Å². The molecule has 0 radical (unpaired) electrons. The molecule has 1 saturated heterocycles. The summed E-state index contributed by atoms with van der Waals surface area (Å²) in [4.78, 5) is 30.5. The fourth-order valence-electron chi connectivity index (χ4n) is 3.65. The number of likely N-dealkylation sites (tertiary alicyclic amines) is 1. The Hall–Kier alpha value is -1.49. The number of para-hydroxylation sites is 1. The summed E-state index contributed by atoms with van der Waals surface area (Å²) in [6, 6.07) is 8.24. The van der Waals surface area contributed by atoms with Crippen LogP contribution in [-0.4, -0.2) is 41.6 Å². The van der Waals surface area contributed by atoms with Crippen LogP contribution in [0.25, 0.3) is 0 Å². The fourth-order valence-corrected chi connectivity index (χ4v) is 4.76. The average Bonchev–Trinajstić information content (AvgIpc) is 2.78. The predicted molar refractivity (Wildman–Crippen MR) is 103 cm³/mol. The number of amides is 2. The minimum Gasteiger partial charge on any atom is -0.342 e. The number of anilines is 1. The summed E-state index contributed by atoms with van der Waals surface area (Å²) in [7, 11) is 0. The zero-order chi connectivity index (χ0) is 18.0. The molecule has 0 bridgehead atoms. The van der Waals surface area contributed by atoms with Crippen molar-refractivity contribution in [2.75, 3.05) is 24.5 Å². The van der Waals surface area contributed by atoms with E-state index in [1.54, 1.807) is 0 Å². The van der Waals surface area contributed by atoms with Gasteiger partial charge >= 0.3 is 0 Å². The van der Waals surface area contributed by atoms with Crippen LogP contribution in [0, 0.1) is 11.8 Å². The van der Waals surface area contributed by atoms with Gasteiger partial charge in [0.1, 0.15) is 0 Å². The minimum atomic E-state index is 0.0303. The molecule has 0 aromatic heterocycles. The molecule has 2 aliphatic rings. The summed E-state index contributed by atoms with van der Waals surface area (Å²) in [5.41, 5.74) is 1.06. The van der Waals surface area contributed by atoms with E-state index in [0.717, 1.165) is 31.5 Å². The maximum absolute atomic E-state index is 13.2. The van der Waals surface area contributed by atoms with Crippen molar-refractivity contribution in [1.82, 2.24) is 4.90 Å². The lowest BCUT2D eigenvalue weighted by atomic mass is 9.94. The molecule has 0 spiro atoms. The van der Waals surface area contributed by atoms with E-state index < -0.39 is 0 Å². The summed E-state index contributed by atoms with van der Waals surface area (Å²) in [6.07, 6.45) is 2.56. The Morgan fingerprint density at radius 1 is 1.08 bits per heavy atom. The van der Waals surface area contributed by atoms with Crippen LogP contribution in [0.15, 0.2) is 29.2 Å². The van der Waals surface area contributed by atoms with Crippen LogP contribution in [0.3, 0.4) is 0 Å². The second kappa shape index (κ2) is 7.81. The van der Waals surface area contributed by atoms with Crippen molar-refractivity contribution >= 4 is 29.3 Å². The smallest absolute Gasteiger partial charge is 0.230 e. The van der Waals surface area contributed by atoms with Crippen molar-refractivity contribution in [3.05, 3.63) is 24.3 Å². The van der Waals surface area contributed by atoms with Crippen LogP contribution < -0.4 is 4.90 Å². The molecule has 2 aliphatic heterocycles. The molecule has 0 N–H and O–H groups in total. The van der Waals surface area contributed by atoms with Gasteiger partial charge in [-0.25, -0.2) is 0 Å². The Labute approximate surface area is 154 Å². The van der Waals surface area contributed by atoms with Crippen LogP contribution >= 0.6 is 11.8 Å². The highest BCUT2D eigenvalue weighted by atomic mass is 32.2. The third-order valence-corrected chi connectivity index (χ3v) is 6.40. The minimum absolute atomic E-state index is 0.0303. The topological polar surface area (TPSA) is 40.6 Å². The van der Waals surface area contributed by atoms with Gasteiger partial charge in [0.15, 0.2) is 0 Å². The maximum Gasteiger partial charge on any atom is 0.230 e. The molecule has 136 valence electrons. The molecule has 2 heterocycles. The molecule has 1 aromatic rings. The average molecular weight is 361 g/mol. The van der Waals surface area contributed by atoms with Crippen molar-refractivity contribution in [3.63, 3.8) is 0 Å². The van der Waals surface area contributed by atoms with E-state index in [1.807, 2.05) is 47.5 Å². The van der Waals surface area contributed by atoms with Gasteiger partial charge in [0.05, 0.1) is 5.69 Å². The summed E-state index contributed by atoms with van der Waals surface area (Å²) < 4.78 is 0. The zero-order valence-electron chi connectivity index (χ0n) is 15.4. The molecule has 25 heavy (non-hydrogen) atoms. The first-order valence-corrected chi connectivity index (χ1v) is 10.2. The van der Waals surface area contributed by atoms with Gasteiger partial charge in [0, 0.05) is 41.6 Å². The first kappa shape index (κ1) is 18.3. The number of rotatable bonds is 2. The van der Waals surface area contributed by atoms with Gasteiger partial charge in [0.2, 0.25) is 11.8 Å². The molecule has 0 saturated carbocycles. The summed E-state index contributed by atoms with van der Waals surface area (Å²) in [6.45, 7) is 8.29. The number of piperidine rings is 1. The second-order valence-electron chi connectivity index (χ2n) is 7.43. The van der Waals surface area contributed by atoms with Gasteiger partial charge < -0.3 is 9.80 Å². The van der Waals surface area contributed by atoms with E-state index in [9.17, 15) is 9.59 Å². The summed E-state index contributed by atoms with van der Waals surface area (Å²) in [5, 5.41) is 0.518. The lowest BCUT2D eigenvalue weighted by Crippen LogP contribution is -2.45. The van der Waals surface area contributed by atoms with Gasteiger partial charge in [-0.1, -0.05) is 32.9 Å². The van der Waals surface area contributed by atoms with Gasteiger partial charge in [-0.2, -0.15) is 0 Å². The van der Waals surface area contributed by atoms with E-state index in [2.05, 4.69) is 19.1 Å². The van der Waals surface area contributed by atoms with Gasteiger partial charge in [-0.15, -0.1) is 11.8 Å². The highest BCUT2D eigenvalue weighted by Gasteiger charge is 2.33. The molecule has 4 nitrogen and oxygen atoms in total. The molecule has 2 amide bonds. The van der Waals surface area contributed by atoms with Crippen LogP contribution in [0.1, 0.15) is 40.0 Å². The molecule has 3 rings (SSSR count). The van der Waals surface area contributed by atoms with E-state index in [1.165, 1.54) is 4.90 Å². The highest BCUT2D eigenvalue weighted by Crippen LogP contribution is 2.38. The van der Waals surface area contributed by atoms with Crippen LogP contribution in [0.4, 0.5) is 5.69 Å². The van der Waals surface area contributed by atoms with Gasteiger partial charge in [0.25, 0.3) is 0 Å². The van der Waals surface area contributed by atoms with Crippen molar-refractivity contribution in [2.45, 2.75) is 50.2 Å². The third-order valence-electron chi connectivity index (χ3n) is 5.16. The monoisotopic (exact) mass is 360 g/mol. The quantitative estimate of drug-likeness (QED) is 0.805. The number of fused-ring (bicyclic) bond motifs is 1. The lowest BCUT2D eigenvalue weighted by Gasteiger charge is -2.35. The largest absolute Gasteiger partial charge is 0.342 e. The van der Waals surface area contributed by atoms with E-state index in [0.29, 0.717) is 18.3 Å². The van der Waals surface area contributed by atoms with Crippen molar-refractivity contribution in [3.8, 4) is 0 Å². The van der Waals surface area contributed by atoms with Crippen LogP contribution in [0.5, 0.6) is 0 Å². The first-order valence-electron chi connectivity index (χ1n) is 9.33. The predicted octanol–water partition coefficient (Wildman–Crippen LogP) is 3.80. The second-order valence-corrected chi connectivity index (χ2v) is 8.91. The number of hydrogen-bond acceptors (Lipinski definition) is 3. The maximum atomic E-state index is 13.2. The number of thioether (sulfide) groups is 1. The Morgan fingerprint density at radius 2 is 1.76 bits per heavy atom. The van der Waals surface area contributed by atoms with Crippen molar-refractivity contribution in [2.24, 2.45) is 11.8 Å². The van der Waals surface area contributed by atoms with E-state index in [-0.39, 0.29) is 23.7 Å². The standard InChI is InChI=1S/C20H28N2O2S/c1-14(2)19(23)21-11-9-16(10-12-21)20(24)22-13-8-15(3)25-18-7-5-4-6-17(18)22/h4-7,14-16H,8-13H2,1-3H3. The zero-order valence-corrected chi connectivity index (χ0v) is 16.2. The number of nitrogens with zero attached hydrogens (tertiary/aromatic N) is 2. The van der Waals surface area contributed by atoms with Gasteiger partial charge in [-0.3, -0.25) is 9.59 Å². The fraction of sp³-hybridized carbons (Fsp3) is 0.600. The van der Waals surface area contributed by atoms with Crippen LogP contribution in [0.2, 0.25) is 0 Å². The Balaban J connectivity index is 1.71. The molecule has 1 atom stereocenters. The van der Waals surface area contributed by atoms with E-state index >= 15 is 0 Å². The molecule has 1 unspecified atom stereocenters. The molecule has 1 aromatic carbocycles.